The summed E-state index contributed by atoms with van der Waals surface area (Å²) in [6.45, 7) is 2.53. The molecular weight excluding hydrogens is 378 g/mol. The Bertz CT molecular complexity index is 1270. The van der Waals surface area contributed by atoms with Crippen molar-refractivity contribution >= 4 is 34.1 Å². The molecule has 5 rings (SSSR count). The molecule has 0 spiro atoms. The largest absolute Gasteiger partial charge is 0.338 e. The van der Waals surface area contributed by atoms with Gasteiger partial charge in [-0.05, 0) is 37.3 Å². The van der Waals surface area contributed by atoms with Crippen molar-refractivity contribution in [3.8, 4) is 0 Å². The van der Waals surface area contributed by atoms with Crippen LogP contribution < -0.4 is 10.2 Å². The van der Waals surface area contributed by atoms with Gasteiger partial charge in [0.15, 0.2) is 0 Å². The highest BCUT2D eigenvalue weighted by Gasteiger charge is 2.34. The average Bonchev–Trinajstić information content (AvgIpc) is 3.23. The number of fused-ring (bicyclic) bond motifs is 2. The number of hydrogen-bond acceptors (Lipinski definition) is 4. The lowest BCUT2D eigenvalue weighted by molar-refractivity contribution is 0.0942. The standard InChI is InChI=1S/C23H19N5O2/c1-15-14-28(18-11-16-5-2-3-7-20(16)25-13-18)23(30)21-19(8-10-27(15)21)22(29)26-17-6-4-9-24-12-17/h2-13,15H,14H2,1H3,(H,26,29)/t15-/m0/s1. The van der Waals surface area contributed by atoms with Gasteiger partial charge >= 0.3 is 0 Å². The van der Waals surface area contributed by atoms with Crippen LogP contribution in [0.1, 0.15) is 33.8 Å². The Hall–Kier alpha value is -4.00. The Balaban J connectivity index is 1.51. The van der Waals surface area contributed by atoms with E-state index in [1.807, 2.05) is 41.8 Å². The smallest absolute Gasteiger partial charge is 0.275 e. The summed E-state index contributed by atoms with van der Waals surface area (Å²) in [6.07, 6.45) is 6.71. The third kappa shape index (κ3) is 3.00. The molecule has 1 aromatic carbocycles. The van der Waals surface area contributed by atoms with E-state index in [0.717, 1.165) is 16.6 Å². The highest BCUT2D eigenvalue weighted by Crippen LogP contribution is 2.30. The van der Waals surface area contributed by atoms with Crippen LogP contribution in [0.4, 0.5) is 11.4 Å². The molecule has 1 N–H and O–H groups in total. The maximum absolute atomic E-state index is 13.4. The summed E-state index contributed by atoms with van der Waals surface area (Å²) >= 11 is 0. The molecule has 3 aromatic heterocycles. The fourth-order valence-corrected chi connectivity index (χ4v) is 3.85. The highest BCUT2D eigenvalue weighted by atomic mass is 16.2. The quantitative estimate of drug-likeness (QED) is 0.568. The molecule has 4 aromatic rings. The number of amides is 2. The van der Waals surface area contributed by atoms with Gasteiger partial charge in [-0.2, -0.15) is 0 Å². The van der Waals surface area contributed by atoms with Crippen LogP contribution >= 0.6 is 0 Å². The first kappa shape index (κ1) is 18.1. The summed E-state index contributed by atoms with van der Waals surface area (Å²) in [5.74, 6) is -0.553. The van der Waals surface area contributed by atoms with Crippen LogP contribution in [0.15, 0.2) is 73.3 Å². The van der Waals surface area contributed by atoms with Crippen LogP contribution in [-0.4, -0.2) is 32.9 Å². The van der Waals surface area contributed by atoms with Gasteiger partial charge in [-0.25, -0.2) is 0 Å². The molecule has 1 atom stereocenters. The summed E-state index contributed by atoms with van der Waals surface area (Å²) in [6, 6.07) is 15.0. The van der Waals surface area contributed by atoms with Gasteiger partial charge in [0.2, 0.25) is 0 Å². The molecule has 148 valence electrons. The van der Waals surface area contributed by atoms with Gasteiger partial charge < -0.3 is 14.8 Å². The molecule has 0 saturated heterocycles. The van der Waals surface area contributed by atoms with Crippen molar-refractivity contribution < 1.29 is 9.59 Å². The monoisotopic (exact) mass is 397 g/mol. The number of nitrogens with zero attached hydrogens (tertiary/aromatic N) is 4. The van der Waals surface area contributed by atoms with Gasteiger partial charge in [0.1, 0.15) is 5.69 Å². The zero-order valence-corrected chi connectivity index (χ0v) is 16.3. The second-order valence-electron chi connectivity index (χ2n) is 7.33. The maximum Gasteiger partial charge on any atom is 0.275 e. The molecule has 7 nitrogen and oxygen atoms in total. The van der Waals surface area contributed by atoms with Crippen molar-refractivity contribution in [2.75, 3.05) is 16.8 Å². The van der Waals surface area contributed by atoms with Crippen LogP contribution in [0.5, 0.6) is 0 Å². The lowest BCUT2D eigenvalue weighted by Gasteiger charge is -2.33. The van der Waals surface area contributed by atoms with Gasteiger partial charge in [-0.15, -0.1) is 0 Å². The van der Waals surface area contributed by atoms with E-state index in [-0.39, 0.29) is 17.9 Å². The van der Waals surface area contributed by atoms with E-state index in [4.69, 9.17) is 0 Å². The lowest BCUT2D eigenvalue weighted by Crippen LogP contribution is -2.43. The van der Waals surface area contributed by atoms with Crippen LogP contribution in [0.2, 0.25) is 0 Å². The van der Waals surface area contributed by atoms with Crippen molar-refractivity contribution in [2.24, 2.45) is 0 Å². The zero-order chi connectivity index (χ0) is 20.7. The van der Waals surface area contributed by atoms with E-state index in [1.165, 1.54) is 0 Å². The highest BCUT2D eigenvalue weighted by molar-refractivity contribution is 6.16. The number of para-hydroxylation sites is 1. The van der Waals surface area contributed by atoms with E-state index in [9.17, 15) is 9.59 Å². The van der Waals surface area contributed by atoms with E-state index < -0.39 is 0 Å². The van der Waals surface area contributed by atoms with Crippen LogP contribution in [0.25, 0.3) is 10.9 Å². The molecule has 30 heavy (non-hydrogen) atoms. The third-order valence-electron chi connectivity index (χ3n) is 5.34. The number of hydrogen-bond donors (Lipinski definition) is 1. The van der Waals surface area contributed by atoms with E-state index in [0.29, 0.717) is 23.5 Å². The first-order valence-corrected chi connectivity index (χ1v) is 9.70. The third-order valence-corrected chi connectivity index (χ3v) is 5.34. The normalized spacial score (nSPS) is 15.8. The number of nitrogens with one attached hydrogen (secondary N) is 1. The topological polar surface area (TPSA) is 80.1 Å². The SMILES string of the molecule is C[C@H]1CN(c2cnc3ccccc3c2)C(=O)c2c(C(=O)Nc3cccnc3)ccn21. The molecule has 0 fully saturated rings. The van der Waals surface area contributed by atoms with Gasteiger partial charge in [-0.3, -0.25) is 19.6 Å². The van der Waals surface area contributed by atoms with Crippen LogP contribution in [0, 0.1) is 0 Å². The first-order chi connectivity index (χ1) is 14.6. The average molecular weight is 397 g/mol. The Morgan fingerprint density at radius 2 is 2.00 bits per heavy atom. The summed E-state index contributed by atoms with van der Waals surface area (Å²) in [4.78, 5) is 36.5. The molecular formula is C23H19N5O2. The minimum absolute atomic E-state index is 0.0177. The van der Waals surface area contributed by atoms with Crippen molar-refractivity contribution in [1.82, 2.24) is 14.5 Å². The molecule has 0 aliphatic carbocycles. The number of rotatable bonds is 3. The molecule has 1 aliphatic heterocycles. The Morgan fingerprint density at radius 1 is 1.13 bits per heavy atom. The summed E-state index contributed by atoms with van der Waals surface area (Å²) in [7, 11) is 0. The number of carbonyl (C=O) groups excluding carboxylic acids is 2. The minimum atomic E-state index is -0.337. The number of anilines is 2. The van der Waals surface area contributed by atoms with Gasteiger partial charge in [0.25, 0.3) is 11.8 Å². The van der Waals surface area contributed by atoms with Crippen molar-refractivity contribution in [2.45, 2.75) is 13.0 Å². The van der Waals surface area contributed by atoms with Gasteiger partial charge in [0.05, 0.1) is 34.8 Å². The first-order valence-electron chi connectivity index (χ1n) is 9.70. The predicted octanol–water partition coefficient (Wildman–Crippen LogP) is 3.91. The number of carbonyl (C=O) groups is 2. The molecule has 2 amide bonds. The molecule has 0 bridgehead atoms. The molecule has 7 heteroatoms. The Labute approximate surface area is 173 Å². The Morgan fingerprint density at radius 3 is 2.83 bits per heavy atom. The van der Waals surface area contributed by atoms with Crippen molar-refractivity contribution in [3.05, 3.63) is 84.6 Å². The lowest BCUT2D eigenvalue weighted by atomic mass is 10.1. The molecule has 0 radical (unpaired) electrons. The number of aromatic nitrogens is 3. The second kappa shape index (κ2) is 7.11. The Kier molecular flexibility index (Phi) is 4.28. The number of benzene rings is 1. The maximum atomic E-state index is 13.4. The van der Waals surface area contributed by atoms with Gasteiger partial charge in [0, 0.05) is 30.4 Å². The minimum Gasteiger partial charge on any atom is -0.338 e. The van der Waals surface area contributed by atoms with E-state index >= 15 is 0 Å². The van der Waals surface area contributed by atoms with Crippen molar-refractivity contribution in [3.63, 3.8) is 0 Å². The van der Waals surface area contributed by atoms with E-state index in [2.05, 4.69) is 15.3 Å². The molecule has 0 saturated carbocycles. The summed E-state index contributed by atoms with van der Waals surface area (Å²) in [5, 5.41) is 3.77. The summed E-state index contributed by atoms with van der Waals surface area (Å²) < 4.78 is 1.87. The van der Waals surface area contributed by atoms with Gasteiger partial charge in [-0.1, -0.05) is 18.2 Å². The summed E-state index contributed by atoms with van der Waals surface area (Å²) in [5.41, 5.74) is 2.89. The zero-order valence-electron chi connectivity index (χ0n) is 16.3. The fraction of sp³-hybridized carbons (Fsp3) is 0.130. The molecule has 0 unspecified atom stereocenters. The number of pyridine rings is 2. The molecule has 4 heterocycles. The van der Waals surface area contributed by atoms with Crippen molar-refractivity contribution in [1.29, 1.82) is 0 Å². The van der Waals surface area contributed by atoms with E-state index in [1.54, 1.807) is 47.9 Å². The predicted molar refractivity (Wildman–Crippen MR) is 115 cm³/mol. The second-order valence-corrected chi connectivity index (χ2v) is 7.33. The van der Waals surface area contributed by atoms with Crippen LogP contribution in [0.3, 0.4) is 0 Å². The fourth-order valence-electron chi connectivity index (χ4n) is 3.85. The molecule has 1 aliphatic rings. The van der Waals surface area contributed by atoms with Crippen LogP contribution in [-0.2, 0) is 0 Å².